The van der Waals surface area contributed by atoms with Crippen molar-refractivity contribution in [2.75, 3.05) is 11.9 Å². The van der Waals surface area contributed by atoms with Crippen LogP contribution in [0.1, 0.15) is 18.1 Å². The van der Waals surface area contributed by atoms with Gasteiger partial charge in [0.2, 0.25) is 5.91 Å². The maximum atomic E-state index is 12.3. The molecule has 0 aromatic heterocycles. The number of aliphatic carboxylic acids is 1. The van der Waals surface area contributed by atoms with E-state index in [1.807, 2.05) is 38.1 Å². The fourth-order valence-corrected chi connectivity index (χ4v) is 2.22. The Bertz CT molecular complexity index is 692. The topological polar surface area (TPSA) is 75.6 Å². The van der Waals surface area contributed by atoms with Gasteiger partial charge in [0.25, 0.3) is 0 Å². The molecule has 5 nitrogen and oxygen atoms in total. The summed E-state index contributed by atoms with van der Waals surface area (Å²) in [5.41, 5.74) is 2.97. The molecule has 1 unspecified atom stereocenters. The molecule has 0 bridgehead atoms. The van der Waals surface area contributed by atoms with Crippen molar-refractivity contribution in [2.24, 2.45) is 5.92 Å². The number of amides is 1. The Kier molecular flexibility index (Phi) is 5.95. The van der Waals surface area contributed by atoms with E-state index in [2.05, 4.69) is 5.32 Å². The molecule has 1 atom stereocenters. The number of ether oxygens (including phenoxy) is 1. The summed E-state index contributed by atoms with van der Waals surface area (Å²) in [5, 5.41) is 11.4. The van der Waals surface area contributed by atoms with Crippen LogP contribution in [-0.4, -0.2) is 23.6 Å². The zero-order valence-electron chi connectivity index (χ0n) is 13.8. The zero-order chi connectivity index (χ0) is 17.5. The van der Waals surface area contributed by atoms with E-state index >= 15 is 0 Å². The maximum absolute atomic E-state index is 12.3. The van der Waals surface area contributed by atoms with E-state index in [1.54, 1.807) is 24.3 Å². The molecule has 5 heteroatoms. The Morgan fingerprint density at radius 1 is 1.08 bits per heavy atom. The second kappa shape index (κ2) is 8.15. The van der Waals surface area contributed by atoms with Crippen LogP contribution < -0.4 is 10.1 Å². The van der Waals surface area contributed by atoms with Crippen molar-refractivity contribution in [1.82, 2.24) is 0 Å². The number of aryl methyl sites for hydroxylation is 1. The van der Waals surface area contributed by atoms with Gasteiger partial charge in [-0.15, -0.1) is 0 Å². The number of rotatable bonds is 7. The summed E-state index contributed by atoms with van der Waals surface area (Å²) in [7, 11) is 0. The number of hydrogen-bond donors (Lipinski definition) is 2. The van der Waals surface area contributed by atoms with E-state index in [0.717, 1.165) is 5.56 Å². The molecule has 0 heterocycles. The Morgan fingerprint density at radius 2 is 1.71 bits per heavy atom. The molecular weight excluding hydrogens is 306 g/mol. The van der Waals surface area contributed by atoms with Crippen molar-refractivity contribution >= 4 is 17.6 Å². The summed E-state index contributed by atoms with van der Waals surface area (Å²) >= 11 is 0. The number of carbonyl (C=O) groups is 2. The highest BCUT2D eigenvalue weighted by Crippen LogP contribution is 2.17. The lowest BCUT2D eigenvalue weighted by Gasteiger charge is -2.13. The van der Waals surface area contributed by atoms with Crippen LogP contribution in [0.3, 0.4) is 0 Å². The molecule has 126 valence electrons. The predicted molar refractivity (Wildman–Crippen MR) is 92.2 cm³/mol. The van der Waals surface area contributed by atoms with Crippen LogP contribution in [0.15, 0.2) is 48.5 Å². The van der Waals surface area contributed by atoms with Gasteiger partial charge in [-0.05, 0) is 43.2 Å². The lowest BCUT2D eigenvalue weighted by atomic mass is 9.99. The van der Waals surface area contributed by atoms with E-state index < -0.39 is 5.97 Å². The summed E-state index contributed by atoms with van der Waals surface area (Å²) < 4.78 is 5.05. The summed E-state index contributed by atoms with van der Waals surface area (Å²) in [6, 6.07) is 14.8. The van der Waals surface area contributed by atoms with Crippen LogP contribution in [0, 0.1) is 12.8 Å². The fraction of sp³-hybridized carbons (Fsp3) is 0.263. The van der Waals surface area contributed by atoms with Crippen LogP contribution in [0.5, 0.6) is 5.75 Å². The Labute approximate surface area is 141 Å². The third-order valence-corrected chi connectivity index (χ3v) is 3.59. The molecule has 2 aromatic carbocycles. The minimum Gasteiger partial charge on any atom is -0.482 e. The number of anilines is 1. The normalized spacial score (nSPS) is 11.6. The van der Waals surface area contributed by atoms with Crippen molar-refractivity contribution < 1.29 is 19.4 Å². The Morgan fingerprint density at radius 3 is 2.29 bits per heavy atom. The van der Waals surface area contributed by atoms with Gasteiger partial charge in [-0.2, -0.15) is 0 Å². The number of carbonyl (C=O) groups excluding carboxylic acids is 1. The first-order chi connectivity index (χ1) is 11.4. The van der Waals surface area contributed by atoms with Gasteiger partial charge in [0.1, 0.15) is 5.75 Å². The van der Waals surface area contributed by atoms with Crippen LogP contribution in [-0.2, 0) is 16.0 Å². The van der Waals surface area contributed by atoms with Crippen LogP contribution in [0.25, 0.3) is 0 Å². The molecule has 0 radical (unpaired) electrons. The van der Waals surface area contributed by atoms with Gasteiger partial charge in [0.15, 0.2) is 6.61 Å². The predicted octanol–water partition coefficient (Wildman–Crippen LogP) is 3.28. The first kappa shape index (κ1) is 17.5. The molecule has 0 spiro atoms. The molecule has 1 amide bonds. The van der Waals surface area contributed by atoms with E-state index in [1.165, 1.54) is 5.56 Å². The number of carboxylic acids is 1. The average molecular weight is 327 g/mol. The highest BCUT2D eigenvalue weighted by atomic mass is 16.5. The summed E-state index contributed by atoms with van der Waals surface area (Å²) in [5.74, 6) is -0.800. The Balaban J connectivity index is 1.88. The molecule has 0 fully saturated rings. The SMILES string of the molecule is Cc1ccc(CC(C)C(=O)Nc2ccc(OCC(=O)O)cc2)cc1. The van der Waals surface area contributed by atoms with E-state index in [9.17, 15) is 9.59 Å². The highest BCUT2D eigenvalue weighted by Gasteiger charge is 2.14. The highest BCUT2D eigenvalue weighted by molar-refractivity contribution is 5.92. The number of benzene rings is 2. The van der Waals surface area contributed by atoms with Gasteiger partial charge in [-0.1, -0.05) is 36.8 Å². The van der Waals surface area contributed by atoms with Crippen molar-refractivity contribution in [3.63, 3.8) is 0 Å². The minimum absolute atomic E-state index is 0.0604. The summed E-state index contributed by atoms with van der Waals surface area (Å²) in [6.45, 7) is 3.53. The second-order valence-corrected chi connectivity index (χ2v) is 5.79. The van der Waals surface area contributed by atoms with E-state index in [0.29, 0.717) is 17.9 Å². The number of carboxylic acid groups (broad SMARTS) is 1. The number of hydrogen-bond acceptors (Lipinski definition) is 3. The van der Waals surface area contributed by atoms with Gasteiger partial charge in [-0.3, -0.25) is 4.79 Å². The van der Waals surface area contributed by atoms with Gasteiger partial charge in [-0.25, -0.2) is 4.79 Å². The third kappa shape index (κ3) is 5.43. The van der Waals surface area contributed by atoms with Crippen LogP contribution in [0.2, 0.25) is 0 Å². The lowest BCUT2D eigenvalue weighted by Crippen LogP contribution is -2.22. The average Bonchev–Trinajstić information content (AvgIpc) is 2.56. The van der Waals surface area contributed by atoms with Gasteiger partial charge in [0.05, 0.1) is 0 Å². The maximum Gasteiger partial charge on any atom is 0.341 e. The first-order valence-electron chi connectivity index (χ1n) is 7.75. The van der Waals surface area contributed by atoms with E-state index in [-0.39, 0.29) is 18.4 Å². The lowest BCUT2D eigenvalue weighted by molar-refractivity contribution is -0.139. The molecular formula is C19H21NO4. The summed E-state index contributed by atoms with van der Waals surface area (Å²) in [4.78, 5) is 22.7. The minimum atomic E-state index is -1.03. The molecule has 2 N–H and O–H groups in total. The zero-order valence-corrected chi connectivity index (χ0v) is 13.8. The van der Waals surface area contributed by atoms with Crippen molar-refractivity contribution in [1.29, 1.82) is 0 Å². The quantitative estimate of drug-likeness (QED) is 0.818. The fourth-order valence-electron chi connectivity index (χ4n) is 2.22. The molecule has 2 rings (SSSR count). The molecule has 0 saturated carbocycles. The second-order valence-electron chi connectivity index (χ2n) is 5.79. The van der Waals surface area contributed by atoms with Gasteiger partial charge in [0, 0.05) is 11.6 Å². The van der Waals surface area contributed by atoms with Gasteiger partial charge >= 0.3 is 5.97 Å². The monoisotopic (exact) mass is 327 g/mol. The molecule has 0 aliphatic carbocycles. The smallest absolute Gasteiger partial charge is 0.341 e. The van der Waals surface area contributed by atoms with Crippen LogP contribution in [0.4, 0.5) is 5.69 Å². The molecule has 0 saturated heterocycles. The standard InChI is InChI=1S/C19H21NO4/c1-13-3-5-15(6-4-13)11-14(2)19(23)20-16-7-9-17(10-8-16)24-12-18(21)22/h3-10,14H,11-12H2,1-2H3,(H,20,23)(H,21,22). The largest absolute Gasteiger partial charge is 0.482 e. The van der Waals surface area contributed by atoms with Gasteiger partial charge < -0.3 is 15.2 Å². The molecule has 0 aliphatic heterocycles. The molecule has 0 aliphatic rings. The van der Waals surface area contributed by atoms with Crippen molar-refractivity contribution in [3.05, 3.63) is 59.7 Å². The Hall–Kier alpha value is -2.82. The summed E-state index contributed by atoms with van der Waals surface area (Å²) in [6.07, 6.45) is 0.673. The molecule has 24 heavy (non-hydrogen) atoms. The molecule has 2 aromatic rings. The van der Waals surface area contributed by atoms with Crippen molar-refractivity contribution in [2.45, 2.75) is 20.3 Å². The van der Waals surface area contributed by atoms with Crippen LogP contribution >= 0.6 is 0 Å². The van der Waals surface area contributed by atoms with E-state index in [4.69, 9.17) is 9.84 Å². The third-order valence-electron chi connectivity index (χ3n) is 3.59. The van der Waals surface area contributed by atoms with Crippen molar-refractivity contribution in [3.8, 4) is 5.75 Å². The first-order valence-corrected chi connectivity index (χ1v) is 7.75. The number of nitrogens with one attached hydrogen (secondary N) is 1.